The highest BCUT2D eigenvalue weighted by molar-refractivity contribution is 7.99. The first-order valence-corrected chi connectivity index (χ1v) is 8.52. The Morgan fingerprint density at radius 2 is 2.24 bits per heavy atom. The smallest absolute Gasteiger partial charge is 0.0158 e. The molecule has 0 spiro atoms. The molecule has 2 nitrogen and oxygen atoms in total. The lowest BCUT2D eigenvalue weighted by atomic mass is 10.0. The fourth-order valence-corrected chi connectivity index (χ4v) is 4.27. The van der Waals surface area contributed by atoms with E-state index in [-0.39, 0.29) is 0 Å². The zero-order valence-corrected chi connectivity index (χ0v) is 12.3. The van der Waals surface area contributed by atoms with E-state index in [1.165, 1.54) is 56.8 Å². The monoisotopic (exact) mass is 256 g/mol. The second-order valence-electron chi connectivity index (χ2n) is 5.67. The molecule has 2 aliphatic rings. The minimum absolute atomic E-state index is 0.793. The quantitative estimate of drug-likeness (QED) is 0.814. The Bertz CT molecular complexity index is 222. The minimum atomic E-state index is 0.793. The maximum atomic E-state index is 3.75. The summed E-state index contributed by atoms with van der Waals surface area (Å²) in [5, 5.41) is 3.75. The summed E-state index contributed by atoms with van der Waals surface area (Å²) in [6.07, 6.45) is 5.54. The maximum absolute atomic E-state index is 3.75. The van der Waals surface area contributed by atoms with Gasteiger partial charge >= 0.3 is 0 Å². The predicted molar refractivity (Wildman–Crippen MR) is 77.8 cm³/mol. The molecule has 17 heavy (non-hydrogen) atoms. The highest BCUT2D eigenvalue weighted by Crippen LogP contribution is 2.28. The summed E-state index contributed by atoms with van der Waals surface area (Å²) in [5.74, 6) is 3.58. The molecule has 1 saturated carbocycles. The largest absolute Gasteiger partial charge is 0.314 e. The number of hydrogen-bond donors (Lipinski definition) is 1. The summed E-state index contributed by atoms with van der Waals surface area (Å²) in [5.41, 5.74) is 0. The van der Waals surface area contributed by atoms with Gasteiger partial charge in [-0.2, -0.15) is 11.8 Å². The molecule has 2 rings (SSSR count). The van der Waals surface area contributed by atoms with E-state index in [2.05, 4.69) is 35.8 Å². The van der Waals surface area contributed by atoms with E-state index in [0.29, 0.717) is 0 Å². The van der Waals surface area contributed by atoms with E-state index >= 15 is 0 Å². The molecule has 3 atom stereocenters. The Morgan fingerprint density at radius 3 is 3.00 bits per heavy atom. The van der Waals surface area contributed by atoms with Crippen LogP contribution in [0.1, 0.15) is 39.5 Å². The Labute approximate surface area is 111 Å². The first-order valence-electron chi connectivity index (χ1n) is 7.36. The van der Waals surface area contributed by atoms with Crippen LogP contribution in [0.5, 0.6) is 0 Å². The van der Waals surface area contributed by atoms with Crippen molar-refractivity contribution < 1.29 is 0 Å². The summed E-state index contributed by atoms with van der Waals surface area (Å²) in [4.78, 5) is 2.73. The van der Waals surface area contributed by atoms with Gasteiger partial charge in [0.25, 0.3) is 0 Å². The van der Waals surface area contributed by atoms with Crippen LogP contribution in [0.4, 0.5) is 0 Å². The Kier molecular flexibility index (Phi) is 5.64. The lowest BCUT2D eigenvalue weighted by Crippen LogP contribution is -2.46. The highest BCUT2D eigenvalue weighted by Gasteiger charge is 2.30. The molecule has 1 aliphatic carbocycles. The van der Waals surface area contributed by atoms with Crippen molar-refractivity contribution in [3.8, 4) is 0 Å². The average molecular weight is 256 g/mol. The van der Waals surface area contributed by atoms with Crippen LogP contribution in [0.3, 0.4) is 0 Å². The Morgan fingerprint density at radius 1 is 1.35 bits per heavy atom. The van der Waals surface area contributed by atoms with E-state index in [4.69, 9.17) is 0 Å². The molecule has 1 heterocycles. The predicted octanol–water partition coefficient (Wildman–Crippen LogP) is 2.59. The molecule has 0 amide bonds. The SMILES string of the molecule is CCCNC1CCCC1CN1CCSCC1C. The molecule has 2 fully saturated rings. The molecule has 1 aliphatic heterocycles. The van der Waals surface area contributed by atoms with Gasteiger partial charge in [-0.15, -0.1) is 0 Å². The summed E-state index contributed by atoms with van der Waals surface area (Å²) in [7, 11) is 0. The molecule has 100 valence electrons. The molecule has 3 unspecified atom stereocenters. The van der Waals surface area contributed by atoms with Gasteiger partial charge in [0.15, 0.2) is 0 Å². The standard InChI is InChI=1S/C14H28N2S/c1-3-7-15-14-6-4-5-13(14)10-16-8-9-17-11-12(16)2/h12-15H,3-11H2,1-2H3. The van der Waals surface area contributed by atoms with Crippen molar-refractivity contribution >= 4 is 11.8 Å². The van der Waals surface area contributed by atoms with Crippen LogP contribution in [0.2, 0.25) is 0 Å². The normalized spacial score (nSPS) is 35.3. The zero-order valence-electron chi connectivity index (χ0n) is 11.5. The second kappa shape index (κ2) is 7.01. The van der Waals surface area contributed by atoms with Crippen LogP contribution < -0.4 is 5.32 Å². The molecule has 0 radical (unpaired) electrons. The van der Waals surface area contributed by atoms with Gasteiger partial charge in [0.1, 0.15) is 0 Å². The summed E-state index contributed by atoms with van der Waals surface area (Å²) < 4.78 is 0. The van der Waals surface area contributed by atoms with Crippen molar-refractivity contribution in [1.29, 1.82) is 0 Å². The zero-order chi connectivity index (χ0) is 12.1. The van der Waals surface area contributed by atoms with Crippen LogP contribution in [-0.2, 0) is 0 Å². The molecule has 0 bridgehead atoms. The summed E-state index contributed by atoms with van der Waals surface area (Å²) >= 11 is 2.12. The highest BCUT2D eigenvalue weighted by atomic mass is 32.2. The molecular weight excluding hydrogens is 228 g/mol. The lowest BCUT2D eigenvalue weighted by molar-refractivity contribution is 0.183. The molecule has 3 heteroatoms. The molecular formula is C14H28N2S. The van der Waals surface area contributed by atoms with E-state index < -0.39 is 0 Å². The average Bonchev–Trinajstić information content (AvgIpc) is 2.77. The van der Waals surface area contributed by atoms with Gasteiger partial charge in [0.2, 0.25) is 0 Å². The maximum Gasteiger partial charge on any atom is 0.0158 e. The molecule has 0 aromatic rings. The van der Waals surface area contributed by atoms with Crippen molar-refractivity contribution in [2.75, 3.05) is 31.1 Å². The number of thioether (sulfide) groups is 1. The number of nitrogens with one attached hydrogen (secondary N) is 1. The molecule has 1 N–H and O–H groups in total. The number of rotatable bonds is 5. The van der Waals surface area contributed by atoms with E-state index in [9.17, 15) is 0 Å². The summed E-state index contributed by atoms with van der Waals surface area (Å²) in [6, 6.07) is 1.60. The first-order chi connectivity index (χ1) is 8.31. The second-order valence-corrected chi connectivity index (χ2v) is 6.82. The van der Waals surface area contributed by atoms with Gasteiger partial charge in [-0.3, -0.25) is 4.90 Å². The summed E-state index contributed by atoms with van der Waals surface area (Å²) in [6.45, 7) is 8.51. The van der Waals surface area contributed by atoms with Crippen LogP contribution >= 0.6 is 11.8 Å². The molecule has 0 aromatic heterocycles. The third kappa shape index (κ3) is 3.87. The van der Waals surface area contributed by atoms with E-state index in [0.717, 1.165) is 18.0 Å². The van der Waals surface area contributed by atoms with Crippen molar-refractivity contribution in [3.63, 3.8) is 0 Å². The third-order valence-electron chi connectivity index (χ3n) is 4.29. The van der Waals surface area contributed by atoms with Crippen LogP contribution in [-0.4, -0.2) is 48.1 Å². The van der Waals surface area contributed by atoms with Crippen LogP contribution in [0, 0.1) is 5.92 Å². The van der Waals surface area contributed by atoms with Crippen molar-refractivity contribution in [2.24, 2.45) is 5.92 Å². The number of hydrogen-bond acceptors (Lipinski definition) is 3. The van der Waals surface area contributed by atoms with Gasteiger partial charge in [0.05, 0.1) is 0 Å². The van der Waals surface area contributed by atoms with Gasteiger partial charge in [-0.25, -0.2) is 0 Å². The fraction of sp³-hybridized carbons (Fsp3) is 1.00. The fourth-order valence-electron chi connectivity index (χ4n) is 3.19. The van der Waals surface area contributed by atoms with Crippen molar-refractivity contribution in [2.45, 2.75) is 51.6 Å². The lowest BCUT2D eigenvalue weighted by Gasteiger charge is -2.36. The van der Waals surface area contributed by atoms with Crippen molar-refractivity contribution in [3.05, 3.63) is 0 Å². The topological polar surface area (TPSA) is 15.3 Å². The molecule has 1 saturated heterocycles. The van der Waals surface area contributed by atoms with Crippen LogP contribution in [0.25, 0.3) is 0 Å². The van der Waals surface area contributed by atoms with Gasteiger partial charge in [-0.1, -0.05) is 13.3 Å². The first kappa shape index (κ1) is 13.7. The van der Waals surface area contributed by atoms with Crippen molar-refractivity contribution in [1.82, 2.24) is 10.2 Å². The third-order valence-corrected chi connectivity index (χ3v) is 5.48. The Balaban J connectivity index is 1.79. The minimum Gasteiger partial charge on any atom is -0.314 e. The van der Waals surface area contributed by atoms with Gasteiger partial charge in [0, 0.05) is 36.7 Å². The van der Waals surface area contributed by atoms with Crippen LogP contribution in [0.15, 0.2) is 0 Å². The van der Waals surface area contributed by atoms with Gasteiger partial charge < -0.3 is 5.32 Å². The number of nitrogens with zero attached hydrogens (tertiary/aromatic N) is 1. The van der Waals surface area contributed by atoms with E-state index in [1.807, 2.05) is 0 Å². The molecule has 0 aromatic carbocycles. The Hall–Kier alpha value is 0.270. The van der Waals surface area contributed by atoms with Gasteiger partial charge in [-0.05, 0) is 38.6 Å². The van der Waals surface area contributed by atoms with E-state index in [1.54, 1.807) is 0 Å².